The molecule has 8 nitrogen and oxygen atoms in total. The highest BCUT2D eigenvalue weighted by Gasteiger charge is 2.26. The maximum Gasteiger partial charge on any atom is 0.335 e. The van der Waals surface area contributed by atoms with Crippen molar-refractivity contribution in [3.8, 4) is 23.7 Å². The molecule has 9 heteroatoms. The number of nitriles is 1. The monoisotopic (exact) mass is 592 g/mol. The summed E-state index contributed by atoms with van der Waals surface area (Å²) in [5.74, 6) is 6.46. The predicted octanol–water partition coefficient (Wildman–Crippen LogP) is 5.86. The van der Waals surface area contributed by atoms with Gasteiger partial charge in [-0.15, -0.1) is 5.92 Å². The number of carboxylic acid groups (broad SMARTS) is 1. The molecule has 0 saturated carbocycles. The van der Waals surface area contributed by atoms with E-state index in [-0.39, 0.29) is 23.8 Å². The topological polar surface area (TPSA) is 101 Å². The zero-order valence-corrected chi connectivity index (χ0v) is 24.6. The Kier molecular flexibility index (Phi) is 8.60. The van der Waals surface area contributed by atoms with E-state index >= 15 is 0 Å². The molecular weight excluding hydrogens is 559 g/mol. The average Bonchev–Trinajstić information content (AvgIpc) is 3.35. The zero-order valence-electron chi connectivity index (χ0n) is 24.6. The van der Waals surface area contributed by atoms with Crippen molar-refractivity contribution in [2.45, 2.75) is 57.9 Å². The van der Waals surface area contributed by atoms with E-state index in [2.05, 4.69) is 27.4 Å². The van der Waals surface area contributed by atoms with Crippen LogP contribution in [-0.4, -0.2) is 51.3 Å². The second-order valence-electron chi connectivity index (χ2n) is 11.3. The summed E-state index contributed by atoms with van der Waals surface area (Å²) in [4.78, 5) is 19.3. The molecule has 4 aromatic rings. The first kappa shape index (κ1) is 29.4. The van der Waals surface area contributed by atoms with Gasteiger partial charge in [0.05, 0.1) is 47.5 Å². The van der Waals surface area contributed by atoms with E-state index in [1.807, 2.05) is 24.3 Å². The molecule has 0 amide bonds. The first-order valence-corrected chi connectivity index (χ1v) is 14.9. The minimum Gasteiger partial charge on any atom is -0.489 e. The molecule has 1 aromatic heterocycles. The Hall–Kier alpha value is -4.70. The molecule has 0 bridgehead atoms. The van der Waals surface area contributed by atoms with Crippen LogP contribution in [0.2, 0.25) is 0 Å². The zero-order chi connectivity index (χ0) is 30.6. The number of aromatic carboxylic acids is 1. The van der Waals surface area contributed by atoms with E-state index in [0.29, 0.717) is 35.9 Å². The lowest BCUT2D eigenvalue weighted by atomic mass is 9.89. The van der Waals surface area contributed by atoms with Gasteiger partial charge >= 0.3 is 5.97 Å². The van der Waals surface area contributed by atoms with Gasteiger partial charge in [-0.3, -0.25) is 4.90 Å². The van der Waals surface area contributed by atoms with Gasteiger partial charge in [0.1, 0.15) is 29.5 Å². The highest BCUT2D eigenvalue weighted by atomic mass is 19.1. The van der Waals surface area contributed by atoms with Gasteiger partial charge in [-0.1, -0.05) is 24.1 Å². The fraction of sp³-hybridized carbons (Fsp3) is 0.343. The summed E-state index contributed by atoms with van der Waals surface area (Å²) in [5, 5.41) is 18.7. The Morgan fingerprint density at radius 3 is 2.66 bits per heavy atom. The number of rotatable bonds is 9. The lowest BCUT2D eigenvalue weighted by Crippen LogP contribution is -2.35. The lowest BCUT2D eigenvalue weighted by Gasteiger charge is -2.33. The molecule has 2 fully saturated rings. The SMILES string of the molecule is CC#Cc1cc(C(=O)O)cc2c1nc(CN1CCC(c3cccc(OCc4ccc(C#N)cc4F)c3)CC1)n2CC1CCO1. The molecule has 44 heavy (non-hydrogen) atoms. The molecule has 3 aromatic carbocycles. The number of imidazole rings is 1. The van der Waals surface area contributed by atoms with Crippen molar-refractivity contribution in [3.05, 3.63) is 94.1 Å². The second kappa shape index (κ2) is 12.9. The van der Waals surface area contributed by atoms with Crippen LogP contribution in [0.5, 0.6) is 5.75 Å². The van der Waals surface area contributed by atoms with Crippen LogP contribution in [-0.2, 0) is 24.4 Å². The van der Waals surface area contributed by atoms with E-state index in [1.165, 1.54) is 11.6 Å². The van der Waals surface area contributed by atoms with Crippen LogP contribution in [0.25, 0.3) is 11.0 Å². The van der Waals surface area contributed by atoms with Gasteiger partial charge in [-0.25, -0.2) is 14.2 Å². The average molecular weight is 593 g/mol. The summed E-state index contributed by atoms with van der Waals surface area (Å²) in [6.45, 7) is 5.62. The number of benzene rings is 3. The van der Waals surface area contributed by atoms with Crippen LogP contribution >= 0.6 is 0 Å². The fourth-order valence-corrected chi connectivity index (χ4v) is 5.96. The van der Waals surface area contributed by atoms with Crippen molar-refractivity contribution in [2.24, 2.45) is 0 Å². The van der Waals surface area contributed by atoms with Gasteiger partial charge in [-0.05, 0) is 87.2 Å². The minimum atomic E-state index is -0.988. The summed E-state index contributed by atoms with van der Waals surface area (Å²) in [7, 11) is 0. The molecule has 0 radical (unpaired) electrons. The number of hydrogen-bond acceptors (Lipinski definition) is 6. The van der Waals surface area contributed by atoms with E-state index in [0.717, 1.165) is 55.8 Å². The molecule has 1 atom stereocenters. The van der Waals surface area contributed by atoms with Crippen molar-refractivity contribution in [2.75, 3.05) is 19.7 Å². The molecule has 2 aliphatic rings. The standard InChI is InChI=1S/C35H33FN4O4/c1-2-4-26-16-28(35(41)42)18-32-34(26)38-33(40(32)20-30-11-14-43-30)21-39-12-9-24(10-13-39)25-5-3-6-29(17-25)44-22-27-8-7-23(19-37)15-31(27)36/h3,5-8,15-18,24,30H,9-14,20-22H2,1H3,(H,41,42). The van der Waals surface area contributed by atoms with Crippen LogP contribution < -0.4 is 4.74 Å². The largest absolute Gasteiger partial charge is 0.489 e. The quantitative estimate of drug-likeness (QED) is 0.243. The maximum absolute atomic E-state index is 14.3. The number of halogens is 1. The molecular formula is C35H33FN4O4. The Morgan fingerprint density at radius 1 is 1.16 bits per heavy atom. The third-order valence-electron chi connectivity index (χ3n) is 8.48. The van der Waals surface area contributed by atoms with Crippen LogP contribution in [0.15, 0.2) is 54.6 Å². The number of ether oxygens (including phenoxy) is 2. The van der Waals surface area contributed by atoms with Gasteiger partial charge in [0.2, 0.25) is 0 Å². The number of nitrogens with zero attached hydrogens (tertiary/aromatic N) is 4. The van der Waals surface area contributed by atoms with Gasteiger partial charge in [0, 0.05) is 12.2 Å². The van der Waals surface area contributed by atoms with Crippen molar-refractivity contribution in [1.29, 1.82) is 5.26 Å². The minimum absolute atomic E-state index is 0.0891. The summed E-state index contributed by atoms with van der Waals surface area (Å²) >= 11 is 0. The number of hydrogen-bond donors (Lipinski definition) is 1. The van der Waals surface area contributed by atoms with E-state index in [4.69, 9.17) is 19.7 Å². The van der Waals surface area contributed by atoms with Crippen molar-refractivity contribution in [3.63, 3.8) is 0 Å². The van der Waals surface area contributed by atoms with Crippen LogP contribution in [0.4, 0.5) is 4.39 Å². The third kappa shape index (κ3) is 6.30. The fourth-order valence-electron chi connectivity index (χ4n) is 5.96. The molecule has 2 saturated heterocycles. The van der Waals surface area contributed by atoms with Crippen molar-refractivity contribution in [1.82, 2.24) is 14.5 Å². The molecule has 0 spiro atoms. The van der Waals surface area contributed by atoms with Crippen molar-refractivity contribution < 1.29 is 23.8 Å². The normalized spacial score (nSPS) is 17.0. The van der Waals surface area contributed by atoms with Gasteiger partial charge in [0.15, 0.2) is 0 Å². The van der Waals surface area contributed by atoms with Crippen LogP contribution in [0.1, 0.15) is 70.5 Å². The Morgan fingerprint density at radius 2 is 1.98 bits per heavy atom. The summed E-state index contributed by atoms with van der Waals surface area (Å²) in [5.41, 5.74) is 4.22. The van der Waals surface area contributed by atoms with Gasteiger partial charge < -0.3 is 19.1 Å². The first-order chi connectivity index (χ1) is 21.4. The Labute approximate surface area is 255 Å². The Balaban J connectivity index is 1.15. The van der Waals surface area contributed by atoms with Crippen LogP contribution in [0.3, 0.4) is 0 Å². The molecule has 0 aliphatic carbocycles. The predicted molar refractivity (Wildman–Crippen MR) is 163 cm³/mol. The number of piperidine rings is 1. The summed E-state index contributed by atoms with van der Waals surface area (Å²) in [6.07, 6.45) is 3.00. The van der Waals surface area contributed by atoms with E-state index in [9.17, 15) is 14.3 Å². The number of fused-ring (bicyclic) bond motifs is 1. The van der Waals surface area contributed by atoms with E-state index in [1.54, 1.807) is 31.2 Å². The van der Waals surface area contributed by atoms with E-state index < -0.39 is 11.8 Å². The molecule has 6 rings (SSSR count). The number of likely N-dealkylation sites (tertiary alicyclic amines) is 1. The van der Waals surface area contributed by atoms with Crippen LogP contribution in [0, 0.1) is 29.0 Å². The molecule has 1 unspecified atom stereocenters. The first-order valence-electron chi connectivity index (χ1n) is 14.9. The number of aromatic nitrogens is 2. The lowest BCUT2D eigenvalue weighted by molar-refractivity contribution is -0.0592. The van der Waals surface area contributed by atoms with Gasteiger partial charge in [0.25, 0.3) is 0 Å². The molecule has 2 aliphatic heterocycles. The highest BCUT2D eigenvalue weighted by Crippen LogP contribution is 2.32. The highest BCUT2D eigenvalue weighted by molar-refractivity contribution is 5.95. The number of carbonyl (C=O) groups is 1. The summed E-state index contributed by atoms with van der Waals surface area (Å²) < 4.78 is 28.1. The maximum atomic E-state index is 14.3. The third-order valence-corrected chi connectivity index (χ3v) is 8.48. The number of carboxylic acids is 1. The van der Waals surface area contributed by atoms with Crippen molar-refractivity contribution >= 4 is 17.0 Å². The molecule has 1 N–H and O–H groups in total. The Bertz CT molecular complexity index is 1800. The summed E-state index contributed by atoms with van der Waals surface area (Å²) in [6, 6.07) is 17.7. The molecule has 224 valence electrons. The molecule has 3 heterocycles. The second-order valence-corrected chi connectivity index (χ2v) is 11.3. The smallest absolute Gasteiger partial charge is 0.335 e. The van der Waals surface area contributed by atoms with Gasteiger partial charge in [-0.2, -0.15) is 5.26 Å².